The van der Waals surface area contributed by atoms with Gasteiger partial charge in [-0.05, 0) is 46.8 Å². The zero-order valence-electron chi connectivity index (χ0n) is 17.2. The highest BCUT2D eigenvalue weighted by molar-refractivity contribution is 6.30. The van der Waals surface area contributed by atoms with Crippen LogP contribution in [0.4, 0.5) is 0 Å². The Morgan fingerprint density at radius 1 is 0.906 bits per heavy atom. The van der Waals surface area contributed by atoms with Crippen LogP contribution in [0.3, 0.4) is 0 Å². The number of halogens is 1. The van der Waals surface area contributed by atoms with Gasteiger partial charge in [0, 0.05) is 10.4 Å². The average molecular weight is 445 g/mol. The molecule has 4 rings (SSSR count). The highest BCUT2D eigenvalue weighted by atomic mass is 35.5. The second kappa shape index (κ2) is 10.5. The van der Waals surface area contributed by atoms with Crippen LogP contribution in [-0.4, -0.2) is 18.7 Å². The first kappa shape index (κ1) is 21.4. The number of amides is 1. The largest absolute Gasteiger partial charge is 0.489 e. The molecule has 0 unspecified atom stereocenters. The van der Waals surface area contributed by atoms with Crippen molar-refractivity contribution in [2.24, 2.45) is 5.10 Å². The summed E-state index contributed by atoms with van der Waals surface area (Å²) in [6.07, 6.45) is 1.56. The quantitative estimate of drug-likeness (QED) is 0.284. The molecule has 0 saturated carbocycles. The highest BCUT2D eigenvalue weighted by Gasteiger charge is 2.05. The maximum Gasteiger partial charge on any atom is 0.277 e. The lowest BCUT2D eigenvalue weighted by molar-refractivity contribution is -0.123. The average Bonchev–Trinajstić information content (AvgIpc) is 2.83. The van der Waals surface area contributed by atoms with E-state index in [9.17, 15) is 4.79 Å². The van der Waals surface area contributed by atoms with Crippen molar-refractivity contribution < 1.29 is 14.3 Å². The van der Waals surface area contributed by atoms with Crippen LogP contribution in [0.1, 0.15) is 11.1 Å². The molecule has 32 heavy (non-hydrogen) atoms. The van der Waals surface area contributed by atoms with E-state index in [1.807, 2.05) is 91.0 Å². The molecular formula is C26H21ClN2O3. The molecule has 0 atom stereocenters. The standard InChI is InChI=1S/C26H21ClN2O3/c27-22-13-11-19(12-14-22)17-31-23-8-3-5-20(15-23)16-28-29-26(30)18-32-25-10-4-7-21-6-1-2-9-24(21)25/h1-16H,17-18H2,(H,29,30). The topological polar surface area (TPSA) is 59.9 Å². The molecule has 0 aliphatic carbocycles. The second-order valence-electron chi connectivity index (χ2n) is 7.05. The Morgan fingerprint density at radius 2 is 1.69 bits per heavy atom. The van der Waals surface area contributed by atoms with Gasteiger partial charge in [0.2, 0.25) is 0 Å². The highest BCUT2D eigenvalue weighted by Crippen LogP contribution is 2.25. The normalized spacial score (nSPS) is 10.9. The van der Waals surface area contributed by atoms with Crippen molar-refractivity contribution >= 4 is 34.5 Å². The van der Waals surface area contributed by atoms with Gasteiger partial charge in [-0.15, -0.1) is 0 Å². The fourth-order valence-electron chi connectivity index (χ4n) is 3.11. The van der Waals surface area contributed by atoms with Crippen LogP contribution in [-0.2, 0) is 11.4 Å². The number of benzene rings is 4. The Labute approximate surface area is 191 Å². The third kappa shape index (κ3) is 5.86. The smallest absolute Gasteiger partial charge is 0.277 e. The summed E-state index contributed by atoms with van der Waals surface area (Å²) in [5.41, 5.74) is 4.30. The molecule has 0 aromatic heterocycles. The SMILES string of the molecule is O=C(COc1cccc2ccccc12)NN=Cc1cccc(OCc2ccc(Cl)cc2)c1. The molecule has 0 radical (unpaired) electrons. The van der Waals surface area contributed by atoms with Crippen LogP contribution in [0.5, 0.6) is 11.5 Å². The molecule has 0 bridgehead atoms. The maximum absolute atomic E-state index is 12.1. The molecule has 0 heterocycles. The molecule has 1 N–H and O–H groups in total. The van der Waals surface area contributed by atoms with E-state index in [0.717, 1.165) is 21.9 Å². The van der Waals surface area contributed by atoms with Gasteiger partial charge in [0.15, 0.2) is 6.61 Å². The van der Waals surface area contributed by atoms with E-state index in [1.165, 1.54) is 0 Å². The van der Waals surface area contributed by atoms with E-state index in [-0.39, 0.29) is 12.5 Å². The molecular weight excluding hydrogens is 424 g/mol. The lowest BCUT2D eigenvalue weighted by atomic mass is 10.1. The van der Waals surface area contributed by atoms with Crippen LogP contribution in [0.15, 0.2) is 96.1 Å². The van der Waals surface area contributed by atoms with Gasteiger partial charge in [0.25, 0.3) is 5.91 Å². The molecule has 5 nitrogen and oxygen atoms in total. The number of carbonyl (C=O) groups is 1. The summed E-state index contributed by atoms with van der Waals surface area (Å²) in [6, 6.07) is 28.5. The molecule has 1 amide bonds. The van der Waals surface area contributed by atoms with Gasteiger partial charge in [-0.25, -0.2) is 5.43 Å². The van der Waals surface area contributed by atoms with E-state index in [1.54, 1.807) is 6.21 Å². The van der Waals surface area contributed by atoms with E-state index in [0.29, 0.717) is 23.1 Å². The molecule has 4 aromatic carbocycles. The number of hydrogen-bond acceptors (Lipinski definition) is 4. The number of fused-ring (bicyclic) bond motifs is 1. The zero-order valence-corrected chi connectivity index (χ0v) is 18.0. The summed E-state index contributed by atoms with van der Waals surface area (Å²) >= 11 is 5.90. The van der Waals surface area contributed by atoms with Crippen molar-refractivity contribution in [2.75, 3.05) is 6.61 Å². The van der Waals surface area contributed by atoms with Crippen LogP contribution in [0.25, 0.3) is 10.8 Å². The predicted octanol–water partition coefficient (Wildman–Crippen LogP) is 5.60. The number of ether oxygens (including phenoxy) is 2. The number of nitrogens with one attached hydrogen (secondary N) is 1. The maximum atomic E-state index is 12.1. The molecule has 160 valence electrons. The van der Waals surface area contributed by atoms with Gasteiger partial charge in [0.1, 0.15) is 18.1 Å². The Kier molecular flexibility index (Phi) is 7.00. The second-order valence-corrected chi connectivity index (χ2v) is 7.48. The Bertz CT molecular complexity index is 1230. The first-order valence-electron chi connectivity index (χ1n) is 10.1. The fraction of sp³-hybridized carbons (Fsp3) is 0.0769. The van der Waals surface area contributed by atoms with Crippen molar-refractivity contribution in [3.05, 3.63) is 107 Å². The van der Waals surface area contributed by atoms with Crippen LogP contribution < -0.4 is 14.9 Å². The minimum atomic E-state index is -0.343. The number of hydrazone groups is 1. The van der Waals surface area contributed by atoms with E-state index < -0.39 is 0 Å². The van der Waals surface area contributed by atoms with Crippen molar-refractivity contribution in [1.82, 2.24) is 5.43 Å². The van der Waals surface area contributed by atoms with Gasteiger partial charge < -0.3 is 9.47 Å². The molecule has 0 aliphatic rings. The molecule has 4 aromatic rings. The minimum Gasteiger partial charge on any atom is -0.489 e. The zero-order chi connectivity index (χ0) is 22.2. The van der Waals surface area contributed by atoms with E-state index in [2.05, 4.69) is 10.5 Å². The number of carbonyl (C=O) groups excluding carboxylic acids is 1. The number of hydrogen-bond donors (Lipinski definition) is 1. The third-order valence-electron chi connectivity index (χ3n) is 4.69. The van der Waals surface area contributed by atoms with Crippen molar-refractivity contribution in [1.29, 1.82) is 0 Å². The van der Waals surface area contributed by atoms with Gasteiger partial charge in [-0.2, -0.15) is 5.10 Å². The van der Waals surface area contributed by atoms with Gasteiger partial charge in [0.05, 0.1) is 6.21 Å². The van der Waals surface area contributed by atoms with Crippen LogP contribution in [0, 0.1) is 0 Å². The number of rotatable bonds is 8. The first-order valence-corrected chi connectivity index (χ1v) is 10.4. The Morgan fingerprint density at radius 3 is 2.56 bits per heavy atom. The summed E-state index contributed by atoms with van der Waals surface area (Å²) < 4.78 is 11.5. The number of nitrogens with zero attached hydrogens (tertiary/aromatic N) is 1. The Balaban J connectivity index is 1.28. The van der Waals surface area contributed by atoms with Crippen LogP contribution in [0.2, 0.25) is 5.02 Å². The summed E-state index contributed by atoms with van der Waals surface area (Å²) in [5.74, 6) is 1.02. The first-order chi connectivity index (χ1) is 15.7. The van der Waals surface area contributed by atoms with Crippen molar-refractivity contribution in [3.8, 4) is 11.5 Å². The fourth-order valence-corrected chi connectivity index (χ4v) is 3.23. The molecule has 0 fully saturated rings. The summed E-state index contributed by atoms with van der Waals surface area (Å²) in [4.78, 5) is 12.1. The lowest BCUT2D eigenvalue weighted by Gasteiger charge is -2.08. The van der Waals surface area contributed by atoms with Crippen LogP contribution >= 0.6 is 11.6 Å². The predicted molar refractivity (Wildman–Crippen MR) is 127 cm³/mol. The molecule has 0 aliphatic heterocycles. The van der Waals surface area contributed by atoms with Gasteiger partial charge in [-0.1, -0.05) is 72.3 Å². The molecule has 0 spiro atoms. The van der Waals surface area contributed by atoms with E-state index in [4.69, 9.17) is 21.1 Å². The monoisotopic (exact) mass is 444 g/mol. The van der Waals surface area contributed by atoms with Crippen molar-refractivity contribution in [2.45, 2.75) is 6.61 Å². The van der Waals surface area contributed by atoms with Gasteiger partial charge >= 0.3 is 0 Å². The lowest BCUT2D eigenvalue weighted by Crippen LogP contribution is -2.24. The van der Waals surface area contributed by atoms with Gasteiger partial charge in [-0.3, -0.25) is 4.79 Å². The molecule has 6 heteroatoms. The summed E-state index contributed by atoms with van der Waals surface area (Å²) in [7, 11) is 0. The summed E-state index contributed by atoms with van der Waals surface area (Å²) in [5, 5.41) is 6.72. The third-order valence-corrected chi connectivity index (χ3v) is 4.94. The Hall–Kier alpha value is -3.83. The summed E-state index contributed by atoms with van der Waals surface area (Å²) in [6.45, 7) is 0.301. The minimum absolute atomic E-state index is 0.129. The van der Waals surface area contributed by atoms with Crippen molar-refractivity contribution in [3.63, 3.8) is 0 Å². The van der Waals surface area contributed by atoms with E-state index >= 15 is 0 Å². The molecule has 0 saturated heterocycles.